The lowest BCUT2D eigenvalue weighted by Gasteiger charge is -2.20. The molecule has 154 valence electrons. The first kappa shape index (κ1) is 19.9. The number of unbranched alkanes of at least 4 members (excludes halogenated alkanes) is 1. The summed E-state index contributed by atoms with van der Waals surface area (Å²) in [6, 6.07) is 17.2. The summed E-state index contributed by atoms with van der Waals surface area (Å²) in [5.74, 6) is 0.551. The molecule has 0 fully saturated rings. The SMILES string of the molecule is CCCCOCC(Oc1ccc2ccc(=O)oc2c1)c1ccc2ccc(=O)oc2c1. The fraction of sp³-hybridized carbons (Fsp3) is 0.250. The van der Waals surface area contributed by atoms with E-state index in [0.29, 0.717) is 30.1 Å². The standard InChI is InChI=1S/C24H22O6/c1-2-3-12-27-15-22(18-5-4-16-7-10-23(25)29-20(16)13-18)28-19-9-6-17-8-11-24(26)30-21(17)14-19/h4-11,13-14,22H,2-3,12,15H2,1H3. The number of benzene rings is 2. The van der Waals surface area contributed by atoms with Gasteiger partial charge in [0.05, 0.1) is 6.61 Å². The van der Waals surface area contributed by atoms with Crippen LogP contribution in [0, 0.1) is 0 Å². The van der Waals surface area contributed by atoms with Gasteiger partial charge in [-0.2, -0.15) is 0 Å². The molecule has 0 radical (unpaired) electrons. The van der Waals surface area contributed by atoms with E-state index < -0.39 is 17.4 Å². The van der Waals surface area contributed by atoms with Gasteiger partial charge in [0, 0.05) is 35.6 Å². The Labute approximate surface area is 172 Å². The van der Waals surface area contributed by atoms with Gasteiger partial charge in [-0.1, -0.05) is 25.5 Å². The monoisotopic (exact) mass is 406 g/mol. The van der Waals surface area contributed by atoms with E-state index in [1.165, 1.54) is 12.1 Å². The third kappa shape index (κ3) is 4.60. The maximum absolute atomic E-state index is 11.6. The van der Waals surface area contributed by atoms with Crippen LogP contribution in [0.2, 0.25) is 0 Å². The van der Waals surface area contributed by atoms with Crippen molar-refractivity contribution in [2.24, 2.45) is 0 Å². The van der Waals surface area contributed by atoms with Crippen molar-refractivity contribution in [2.45, 2.75) is 25.9 Å². The van der Waals surface area contributed by atoms with E-state index in [9.17, 15) is 9.59 Å². The molecule has 2 heterocycles. The minimum atomic E-state index is -0.426. The third-order valence-electron chi connectivity index (χ3n) is 4.80. The molecule has 1 unspecified atom stereocenters. The van der Waals surface area contributed by atoms with Crippen molar-refractivity contribution in [3.63, 3.8) is 0 Å². The van der Waals surface area contributed by atoms with Gasteiger partial charge in [-0.25, -0.2) is 9.59 Å². The Morgan fingerprint density at radius 3 is 2.17 bits per heavy atom. The summed E-state index contributed by atoms with van der Waals surface area (Å²) in [6.07, 6.45) is 1.57. The summed E-state index contributed by atoms with van der Waals surface area (Å²) in [5.41, 5.74) is 0.953. The minimum Gasteiger partial charge on any atom is -0.483 e. The topological polar surface area (TPSA) is 78.9 Å². The van der Waals surface area contributed by atoms with Gasteiger partial charge in [0.2, 0.25) is 0 Å². The molecule has 0 bridgehead atoms. The van der Waals surface area contributed by atoms with Crippen molar-refractivity contribution in [2.75, 3.05) is 13.2 Å². The van der Waals surface area contributed by atoms with E-state index in [-0.39, 0.29) is 0 Å². The van der Waals surface area contributed by atoms with Crippen molar-refractivity contribution in [1.82, 2.24) is 0 Å². The summed E-state index contributed by atoms with van der Waals surface area (Å²) >= 11 is 0. The number of rotatable bonds is 8. The van der Waals surface area contributed by atoms with Crippen LogP contribution in [0.4, 0.5) is 0 Å². The largest absolute Gasteiger partial charge is 0.483 e. The molecule has 30 heavy (non-hydrogen) atoms. The lowest BCUT2D eigenvalue weighted by molar-refractivity contribution is 0.0482. The van der Waals surface area contributed by atoms with Crippen LogP contribution in [0.3, 0.4) is 0 Å². The quantitative estimate of drug-likeness (QED) is 0.308. The number of fused-ring (bicyclic) bond motifs is 2. The molecule has 1 atom stereocenters. The second kappa shape index (κ2) is 8.97. The maximum atomic E-state index is 11.6. The summed E-state index contributed by atoms with van der Waals surface area (Å²) in [4.78, 5) is 23.1. The fourth-order valence-corrected chi connectivity index (χ4v) is 3.19. The summed E-state index contributed by atoms with van der Waals surface area (Å²) < 4.78 is 22.6. The molecular weight excluding hydrogens is 384 g/mol. The highest BCUT2D eigenvalue weighted by Gasteiger charge is 2.16. The molecule has 0 N–H and O–H groups in total. The van der Waals surface area contributed by atoms with Gasteiger partial charge in [0.25, 0.3) is 0 Å². The van der Waals surface area contributed by atoms with E-state index in [1.54, 1.807) is 24.3 Å². The normalized spacial score (nSPS) is 12.3. The smallest absolute Gasteiger partial charge is 0.336 e. The summed E-state index contributed by atoms with van der Waals surface area (Å²) in [7, 11) is 0. The number of hydrogen-bond acceptors (Lipinski definition) is 6. The van der Waals surface area contributed by atoms with Gasteiger partial charge in [-0.3, -0.25) is 0 Å². The Bertz CT molecular complexity index is 1270. The van der Waals surface area contributed by atoms with E-state index in [2.05, 4.69) is 6.92 Å². The Morgan fingerprint density at radius 2 is 1.47 bits per heavy atom. The van der Waals surface area contributed by atoms with Crippen molar-refractivity contribution in [3.05, 3.63) is 87.1 Å². The van der Waals surface area contributed by atoms with Crippen LogP contribution in [-0.2, 0) is 4.74 Å². The highest BCUT2D eigenvalue weighted by molar-refractivity contribution is 5.78. The Morgan fingerprint density at radius 1 is 0.833 bits per heavy atom. The second-order valence-electron chi connectivity index (χ2n) is 7.04. The van der Waals surface area contributed by atoms with Crippen molar-refractivity contribution >= 4 is 21.9 Å². The Balaban J connectivity index is 1.65. The van der Waals surface area contributed by atoms with Crippen LogP contribution in [0.5, 0.6) is 5.75 Å². The molecule has 0 saturated carbocycles. The lowest BCUT2D eigenvalue weighted by Crippen LogP contribution is -2.15. The first-order valence-corrected chi connectivity index (χ1v) is 9.94. The fourth-order valence-electron chi connectivity index (χ4n) is 3.19. The van der Waals surface area contributed by atoms with Crippen LogP contribution in [0.1, 0.15) is 31.4 Å². The first-order chi connectivity index (χ1) is 14.6. The molecule has 6 nitrogen and oxygen atoms in total. The van der Waals surface area contributed by atoms with Crippen LogP contribution in [0.15, 0.2) is 79.1 Å². The number of hydrogen-bond donors (Lipinski definition) is 0. The van der Waals surface area contributed by atoms with Crippen molar-refractivity contribution in [3.8, 4) is 5.75 Å². The molecule has 4 rings (SSSR count). The molecule has 0 spiro atoms. The van der Waals surface area contributed by atoms with Crippen molar-refractivity contribution in [1.29, 1.82) is 0 Å². The molecule has 0 saturated heterocycles. The lowest BCUT2D eigenvalue weighted by atomic mass is 10.1. The predicted molar refractivity (Wildman–Crippen MR) is 114 cm³/mol. The molecular formula is C24H22O6. The highest BCUT2D eigenvalue weighted by Crippen LogP contribution is 2.27. The Hall–Kier alpha value is -3.38. The van der Waals surface area contributed by atoms with E-state index in [1.807, 2.05) is 24.3 Å². The number of ether oxygens (including phenoxy) is 2. The third-order valence-corrected chi connectivity index (χ3v) is 4.80. The van der Waals surface area contributed by atoms with Gasteiger partial charge in [-0.15, -0.1) is 0 Å². The van der Waals surface area contributed by atoms with Crippen molar-refractivity contribution < 1.29 is 18.3 Å². The van der Waals surface area contributed by atoms with Gasteiger partial charge in [0.1, 0.15) is 23.0 Å². The predicted octanol–water partition coefficient (Wildman–Crippen LogP) is 4.84. The van der Waals surface area contributed by atoms with Gasteiger partial charge in [-0.05, 0) is 42.3 Å². The van der Waals surface area contributed by atoms with Crippen LogP contribution in [0.25, 0.3) is 21.9 Å². The van der Waals surface area contributed by atoms with Gasteiger partial charge >= 0.3 is 11.3 Å². The highest BCUT2D eigenvalue weighted by atomic mass is 16.5. The zero-order valence-electron chi connectivity index (χ0n) is 16.6. The average Bonchev–Trinajstić information content (AvgIpc) is 2.75. The zero-order valence-corrected chi connectivity index (χ0v) is 16.6. The van der Waals surface area contributed by atoms with Gasteiger partial charge in [0.15, 0.2) is 0 Å². The molecule has 0 aliphatic heterocycles. The summed E-state index contributed by atoms with van der Waals surface area (Å²) in [6.45, 7) is 3.07. The Kier molecular flexibility index (Phi) is 5.95. The molecule has 0 amide bonds. The minimum absolute atomic E-state index is 0.333. The van der Waals surface area contributed by atoms with E-state index in [0.717, 1.165) is 29.2 Å². The molecule has 2 aromatic heterocycles. The maximum Gasteiger partial charge on any atom is 0.336 e. The summed E-state index contributed by atoms with van der Waals surface area (Å²) in [5, 5.41) is 1.64. The van der Waals surface area contributed by atoms with Crippen LogP contribution < -0.4 is 16.0 Å². The van der Waals surface area contributed by atoms with E-state index in [4.69, 9.17) is 18.3 Å². The molecule has 6 heteroatoms. The average molecular weight is 406 g/mol. The second-order valence-corrected chi connectivity index (χ2v) is 7.04. The molecule has 4 aromatic rings. The van der Waals surface area contributed by atoms with Crippen LogP contribution in [-0.4, -0.2) is 13.2 Å². The zero-order chi connectivity index (χ0) is 20.9. The molecule has 2 aromatic carbocycles. The first-order valence-electron chi connectivity index (χ1n) is 9.94. The van der Waals surface area contributed by atoms with Crippen LogP contribution >= 0.6 is 0 Å². The van der Waals surface area contributed by atoms with Gasteiger partial charge < -0.3 is 18.3 Å². The van der Waals surface area contributed by atoms with E-state index >= 15 is 0 Å². The molecule has 0 aliphatic rings. The molecule has 0 aliphatic carbocycles.